The molecule has 18 heavy (non-hydrogen) atoms. The second-order valence-electron chi connectivity index (χ2n) is 4.01. The van der Waals surface area contributed by atoms with E-state index in [9.17, 15) is 18.0 Å². The highest BCUT2D eigenvalue weighted by molar-refractivity contribution is 5.69. The first-order valence-electron chi connectivity index (χ1n) is 5.66. The van der Waals surface area contributed by atoms with Gasteiger partial charge in [0.05, 0.1) is 12.2 Å². The van der Waals surface area contributed by atoms with Crippen LogP contribution < -0.4 is 0 Å². The van der Waals surface area contributed by atoms with Crippen molar-refractivity contribution in [2.24, 2.45) is 0 Å². The molecule has 0 aliphatic carbocycles. The van der Waals surface area contributed by atoms with Crippen molar-refractivity contribution in [1.29, 1.82) is 0 Å². The molecule has 100 valence electrons. The van der Waals surface area contributed by atoms with Crippen LogP contribution in [0.25, 0.3) is 0 Å². The zero-order valence-electron chi connectivity index (χ0n) is 10.3. The van der Waals surface area contributed by atoms with Crippen LogP contribution in [0.5, 0.6) is 0 Å². The third-order valence-corrected chi connectivity index (χ3v) is 2.39. The molecule has 0 unspecified atom stereocenters. The van der Waals surface area contributed by atoms with E-state index in [0.717, 1.165) is 12.1 Å². The number of ether oxygens (including phenoxy) is 1. The molecule has 0 N–H and O–H groups in total. The molecular formula is C13H15F3O2. The zero-order valence-corrected chi connectivity index (χ0v) is 10.3. The summed E-state index contributed by atoms with van der Waals surface area (Å²) in [7, 11) is 0. The lowest BCUT2D eigenvalue weighted by Gasteiger charge is -2.10. The first-order chi connectivity index (χ1) is 8.32. The minimum Gasteiger partial charge on any atom is -0.466 e. The van der Waals surface area contributed by atoms with Gasteiger partial charge in [0.15, 0.2) is 0 Å². The topological polar surface area (TPSA) is 26.3 Å². The molecule has 0 saturated heterocycles. The van der Waals surface area contributed by atoms with Crippen molar-refractivity contribution in [3.8, 4) is 0 Å². The van der Waals surface area contributed by atoms with Gasteiger partial charge in [0.2, 0.25) is 0 Å². The highest BCUT2D eigenvalue weighted by Crippen LogP contribution is 2.30. The summed E-state index contributed by atoms with van der Waals surface area (Å²) in [6.45, 7) is 3.57. The van der Waals surface area contributed by atoms with Gasteiger partial charge >= 0.3 is 12.1 Å². The van der Waals surface area contributed by atoms with Gasteiger partial charge < -0.3 is 4.74 Å². The van der Waals surface area contributed by atoms with Crippen molar-refractivity contribution in [1.82, 2.24) is 0 Å². The largest absolute Gasteiger partial charge is 0.466 e. The van der Waals surface area contributed by atoms with E-state index in [1.807, 2.05) is 0 Å². The van der Waals surface area contributed by atoms with Gasteiger partial charge in [-0.25, -0.2) is 0 Å². The smallest absolute Gasteiger partial charge is 0.416 e. The number of alkyl halides is 3. The molecule has 1 aromatic carbocycles. The average Bonchev–Trinajstić information content (AvgIpc) is 2.25. The van der Waals surface area contributed by atoms with E-state index in [4.69, 9.17) is 4.74 Å². The summed E-state index contributed by atoms with van der Waals surface area (Å²) in [6, 6.07) is 3.81. The van der Waals surface area contributed by atoms with Crippen LogP contribution in [-0.4, -0.2) is 12.6 Å². The molecule has 0 aliphatic heterocycles. The number of halogens is 3. The summed E-state index contributed by atoms with van der Waals surface area (Å²) in [4.78, 5) is 11.1. The van der Waals surface area contributed by atoms with Crippen LogP contribution in [0.15, 0.2) is 18.2 Å². The Kier molecular flexibility index (Phi) is 4.76. The normalized spacial score (nSPS) is 11.4. The van der Waals surface area contributed by atoms with Crippen LogP contribution in [0.3, 0.4) is 0 Å². The van der Waals surface area contributed by atoms with Crippen LogP contribution in [0.4, 0.5) is 13.2 Å². The van der Waals surface area contributed by atoms with Gasteiger partial charge in [-0.15, -0.1) is 0 Å². The molecule has 2 nitrogen and oxygen atoms in total. The van der Waals surface area contributed by atoms with Gasteiger partial charge in [0.1, 0.15) is 0 Å². The Morgan fingerprint density at radius 1 is 1.28 bits per heavy atom. The monoisotopic (exact) mass is 260 g/mol. The van der Waals surface area contributed by atoms with Crippen molar-refractivity contribution in [2.75, 3.05) is 6.61 Å². The van der Waals surface area contributed by atoms with Crippen LogP contribution in [-0.2, 0) is 22.1 Å². The summed E-state index contributed by atoms with van der Waals surface area (Å²) in [5.41, 5.74) is 0.348. The fourth-order valence-electron chi connectivity index (χ4n) is 1.65. The Morgan fingerprint density at radius 3 is 2.50 bits per heavy atom. The van der Waals surface area contributed by atoms with Gasteiger partial charge in [-0.1, -0.05) is 11.6 Å². The van der Waals surface area contributed by atoms with Gasteiger partial charge in [-0.05, 0) is 38.0 Å². The lowest BCUT2D eigenvalue weighted by molar-refractivity contribution is -0.143. The number of benzene rings is 1. The maximum absolute atomic E-state index is 12.6. The van der Waals surface area contributed by atoms with E-state index in [-0.39, 0.29) is 19.4 Å². The fourth-order valence-corrected chi connectivity index (χ4v) is 1.65. The van der Waals surface area contributed by atoms with E-state index in [0.29, 0.717) is 11.1 Å². The molecule has 0 saturated carbocycles. The maximum atomic E-state index is 12.6. The fraction of sp³-hybridized carbons (Fsp3) is 0.462. The van der Waals surface area contributed by atoms with Crippen molar-refractivity contribution in [2.45, 2.75) is 32.9 Å². The van der Waals surface area contributed by atoms with Crippen LogP contribution in [0.1, 0.15) is 30.0 Å². The molecule has 5 heteroatoms. The summed E-state index contributed by atoms with van der Waals surface area (Å²) >= 11 is 0. The highest BCUT2D eigenvalue weighted by atomic mass is 19.4. The van der Waals surface area contributed by atoms with E-state index in [2.05, 4.69) is 0 Å². The summed E-state index contributed by atoms with van der Waals surface area (Å²) < 4.78 is 42.5. The van der Waals surface area contributed by atoms with Crippen molar-refractivity contribution >= 4 is 5.97 Å². The molecule has 0 amide bonds. The van der Waals surface area contributed by atoms with Crippen LogP contribution in [0.2, 0.25) is 0 Å². The quantitative estimate of drug-likeness (QED) is 0.774. The second-order valence-corrected chi connectivity index (χ2v) is 4.01. The lowest BCUT2D eigenvalue weighted by atomic mass is 10.0. The van der Waals surface area contributed by atoms with Gasteiger partial charge in [0.25, 0.3) is 0 Å². The maximum Gasteiger partial charge on any atom is 0.416 e. The molecule has 0 aromatic heterocycles. The van der Waals surface area contributed by atoms with Crippen molar-refractivity contribution in [3.63, 3.8) is 0 Å². The van der Waals surface area contributed by atoms with Gasteiger partial charge in [-0.3, -0.25) is 4.79 Å². The Balaban J connectivity index is 2.78. The molecule has 1 rings (SSSR count). The summed E-state index contributed by atoms with van der Waals surface area (Å²) in [6.07, 6.45) is -4.01. The van der Waals surface area contributed by atoms with Gasteiger partial charge in [-0.2, -0.15) is 13.2 Å². The molecule has 0 spiro atoms. The van der Waals surface area contributed by atoms with Gasteiger partial charge in [0, 0.05) is 6.42 Å². The number of carbonyl (C=O) groups excluding carboxylic acids is 1. The number of rotatable bonds is 4. The standard InChI is InChI=1S/C13H15F3O2/c1-3-18-12(17)5-4-10-6-9(2)7-11(8-10)13(14,15)16/h6-8H,3-5H2,1-2H3. The molecule has 0 radical (unpaired) electrons. The Morgan fingerprint density at radius 2 is 1.94 bits per heavy atom. The van der Waals surface area contributed by atoms with E-state index in [1.54, 1.807) is 19.9 Å². The van der Waals surface area contributed by atoms with E-state index in [1.165, 1.54) is 0 Å². The Bertz CT molecular complexity index is 425. The number of hydrogen-bond acceptors (Lipinski definition) is 2. The minimum atomic E-state index is -4.36. The zero-order chi connectivity index (χ0) is 13.8. The summed E-state index contributed by atoms with van der Waals surface area (Å²) in [5.74, 6) is -0.396. The molecule has 0 heterocycles. The SMILES string of the molecule is CCOC(=O)CCc1cc(C)cc(C(F)(F)F)c1. The number of hydrogen-bond donors (Lipinski definition) is 0. The van der Waals surface area contributed by atoms with Crippen molar-refractivity contribution in [3.05, 3.63) is 34.9 Å². The molecule has 0 atom stereocenters. The Hall–Kier alpha value is -1.52. The van der Waals surface area contributed by atoms with E-state index >= 15 is 0 Å². The highest BCUT2D eigenvalue weighted by Gasteiger charge is 2.30. The Labute approximate surface area is 104 Å². The summed E-state index contributed by atoms with van der Waals surface area (Å²) in [5, 5.41) is 0. The number of esters is 1. The number of aryl methyl sites for hydroxylation is 2. The minimum absolute atomic E-state index is 0.0919. The van der Waals surface area contributed by atoms with Crippen LogP contribution in [0, 0.1) is 6.92 Å². The van der Waals surface area contributed by atoms with Crippen LogP contribution >= 0.6 is 0 Å². The number of carbonyl (C=O) groups is 1. The lowest BCUT2D eigenvalue weighted by Crippen LogP contribution is -2.08. The predicted octanol–water partition coefficient (Wildman–Crippen LogP) is 3.51. The molecule has 1 aromatic rings. The average molecular weight is 260 g/mol. The third-order valence-electron chi connectivity index (χ3n) is 2.39. The predicted molar refractivity (Wildman–Crippen MR) is 61.1 cm³/mol. The molecule has 0 aliphatic rings. The first-order valence-corrected chi connectivity index (χ1v) is 5.66. The molecule has 0 bridgehead atoms. The third kappa shape index (κ3) is 4.39. The first kappa shape index (κ1) is 14.5. The van der Waals surface area contributed by atoms with Crippen molar-refractivity contribution < 1.29 is 22.7 Å². The molecular weight excluding hydrogens is 245 g/mol. The van der Waals surface area contributed by atoms with E-state index < -0.39 is 17.7 Å². The second kappa shape index (κ2) is 5.89. The molecule has 0 fully saturated rings.